The Labute approximate surface area is 166 Å². The highest BCUT2D eigenvalue weighted by molar-refractivity contribution is 7.99. The molecule has 3 rings (SSSR count). The van der Waals surface area contributed by atoms with Crippen molar-refractivity contribution < 1.29 is 9.53 Å². The first-order valence-corrected chi connectivity index (χ1v) is 10.8. The van der Waals surface area contributed by atoms with Crippen LogP contribution in [-0.4, -0.2) is 28.3 Å². The number of rotatable bonds is 6. The van der Waals surface area contributed by atoms with Crippen LogP contribution in [0, 0.1) is 6.92 Å². The number of fused-ring (bicyclic) bond motifs is 1. The zero-order chi connectivity index (χ0) is 19.6. The number of ether oxygens (including phenoxy) is 1. The van der Waals surface area contributed by atoms with Crippen molar-refractivity contribution in [2.45, 2.75) is 45.2 Å². The van der Waals surface area contributed by atoms with Gasteiger partial charge in [-0.25, -0.2) is 9.78 Å². The van der Waals surface area contributed by atoms with E-state index in [-0.39, 0.29) is 12.2 Å². The number of H-pyrrole nitrogens is 1. The lowest BCUT2D eigenvalue weighted by atomic mass is 9.85. The van der Waals surface area contributed by atoms with Crippen molar-refractivity contribution in [2.24, 2.45) is 0 Å². The highest BCUT2D eigenvalue weighted by Crippen LogP contribution is 2.43. The van der Waals surface area contributed by atoms with Gasteiger partial charge in [-0.1, -0.05) is 18.7 Å². The fraction of sp³-hybridized carbons (Fsp3) is 0.421. The monoisotopic (exact) mass is 405 g/mol. The fourth-order valence-corrected chi connectivity index (χ4v) is 4.88. The van der Waals surface area contributed by atoms with Gasteiger partial charge in [-0.2, -0.15) is 0 Å². The second-order valence-electron chi connectivity index (χ2n) is 6.27. The minimum Gasteiger partial charge on any atom is -0.463 e. The van der Waals surface area contributed by atoms with Crippen molar-refractivity contribution in [2.75, 3.05) is 17.7 Å². The second-order valence-corrected chi connectivity index (χ2v) is 8.30. The third-order valence-corrected chi connectivity index (χ3v) is 6.49. The van der Waals surface area contributed by atoms with Crippen molar-refractivity contribution in [1.29, 1.82) is 0 Å². The maximum absolute atomic E-state index is 13.0. The Morgan fingerprint density at radius 3 is 2.78 bits per heavy atom. The molecule has 1 aliphatic rings. The molecule has 2 N–H and O–H groups in total. The average Bonchev–Trinajstić information content (AvgIpc) is 3.04. The van der Waals surface area contributed by atoms with Crippen LogP contribution >= 0.6 is 23.1 Å². The second kappa shape index (κ2) is 8.31. The summed E-state index contributed by atoms with van der Waals surface area (Å²) in [6.07, 6.45) is 0.988. The number of thiophene rings is 1. The summed E-state index contributed by atoms with van der Waals surface area (Å²) in [5, 5.41) is 5.71. The van der Waals surface area contributed by atoms with Crippen molar-refractivity contribution in [1.82, 2.24) is 9.97 Å². The number of esters is 1. The zero-order valence-corrected chi connectivity index (χ0v) is 17.5. The molecule has 0 spiro atoms. The van der Waals surface area contributed by atoms with E-state index in [4.69, 9.17) is 4.74 Å². The van der Waals surface area contributed by atoms with Gasteiger partial charge in [0.2, 0.25) is 0 Å². The number of nitrogens with one attached hydrogen (secondary N) is 2. The Hall–Kier alpha value is -2.06. The van der Waals surface area contributed by atoms with Crippen molar-refractivity contribution in [3.05, 3.63) is 49.1 Å². The molecular weight excluding hydrogens is 382 g/mol. The molecule has 6 nitrogen and oxygen atoms in total. The van der Waals surface area contributed by atoms with Crippen LogP contribution in [-0.2, 0) is 9.53 Å². The van der Waals surface area contributed by atoms with Gasteiger partial charge < -0.3 is 15.0 Å². The molecule has 0 radical (unpaired) electrons. The van der Waals surface area contributed by atoms with Crippen molar-refractivity contribution >= 4 is 34.9 Å². The predicted octanol–water partition coefficient (Wildman–Crippen LogP) is 4.04. The molecule has 8 heteroatoms. The molecular formula is C19H23N3O3S2. The summed E-state index contributed by atoms with van der Waals surface area (Å²) in [6.45, 7) is 7.94. The quantitative estimate of drug-likeness (QED) is 0.429. The molecule has 1 aliphatic heterocycles. The molecule has 0 bridgehead atoms. The Morgan fingerprint density at radius 2 is 2.15 bits per heavy atom. The number of carbonyl (C=O) groups excluding carboxylic acids is 1. The molecule has 144 valence electrons. The Balaban J connectivity index is 2.18. The molecule has 0 saturated carbocycles. The maximum atomic E-state index is 13.0. The minimum absolute atomic E-state index is 0.224. The SMILES string of the molecule is CCCSc1nc2c(c(=O)[nH]1)[C@@H](c1sccc1C)C(C(=O)OCC)=C(C)N2. The van der Waals surface area contributed by atoms with E-state index in [9.17, 15) is 9.59 Å². The highest BCUT2D eigenvalue weighted by atomic mass is 32.2. The van der Waals surface area contributed by atoms with Gasteiger partial charge in [-0.15, -0.1) is 11.3 Å². The zero-order valence-electron chi connectivity index (χ0n) is 15.8. The molecule has 0 unspecified atom stereocenters. The number of nitrogens with zero attached hydrogens (tertiary/aromatic N) is 1. The topological polar surface area (TPSA) is 84.1 Å². The summed E-state index contributed by atoms with van der Waals surface area (Å²) in [7, 11) is 0. The van der Waals surface area contributed by atoms with Crippen LogP contribution in [0.25, 0.3) is 0 Å². The molecule has 0 aliphatic carbocycles. The van der Waals surface area contributed by atoms with Gasteiger partial charge in [0.25, 0.3) is 5.56 Å². The van der Waals surface area contributed by atoms with E-state index < -0.39 is 11.9 Å². The van der Waals surface area contributed by atoms with Gasteiger partial charge in [-0.05, 0) is 44.2 Å². The number of aromatic nitrogens is 2. The number of hydrogen-bond donors (Lipinski definition) is 2. The van der Waals surface area contributed by atoms with Crippen LogP contribution < -0.4 is 10.9 Å². The lowest BCUT2D eigenvalue weighted by Gasteiger charge is -2.28. The normalized spacial score (nSPS) is 16.1. The Kier molecular flexibility index (Phi) is 6.06. The van der Waals surface area contributed by atoms with Gasteiger partial charge in [0, 0.05) is 16.3 Å². The summed E-state index contributed by atoms with van der Waals surface area (Å²) in [5.74, 6) is 0.496. The van der Waals surface area contributed by atoms with Crippen LogP contribution in [0.4, 0.5) is 5.82 Å². The summed E-state index contributed by atoms with van der Waals surface area (Å²) in [4.78, 5) is 34.1. The maximum Gasteiger partial charge on any atom is 0.336 e. The van der Waals surface area contributed by atoms with Gasteiger partial charge in [0.1, 0.15) is 5.82 Å². The number of anilines is 1. The standard InChI is InChI=1S/C19H23N3O3S2/c1-5-8-27-19-21-16-14(17(23)22-19)13(15-10(3)7-9-26-15)12(11(4)20-16)18(24)25-6-2/h7,9,13H,5-6,8H2,1-4H3,(H2,20,21,22,23)/t13-/m0/s1. The van der Waals surface area contributed by atoms with E-state index in [0.717, 1.165) is 22.6 Å². The third kappa shape index (κ3) is 3.82. The van der Waals surface area contributed by atoms with Crippen molar-refractivity contribution in [3.8, 4) is 0 Å². The molecule has 27 heavy (non-hydrogen) atoms. The summed E-state index contributed by atoms with van der Waals surface area (Å²) in [6, 6.07) is 1.99. The lowest BCUT2D eigenvalue weighted by molar-refractivity contribution is -0.138. The molecule has 0 amide bonds. The first kappa shape index (κ1) is 19.7. The summed E-state index contributed by atoms with van der Waals surface area (Å²) in [5.41, 5.74) is 2.42. The van der Waals surface area contributed by atoms with Crippen LogP contribution in [0.2, 0.25) is 0 Å². The summed E-state index contributed by atoms with van der Waals surface area (Å²) >= 11 is 3.05. The minimum atomic E-state index is -0.484. The first-order valence-electron chi connectivity index (χ1n) is 8.93. The van der Waals surface area contributed by atoms with E-state index >= 15 is 0 Å². The number of aromatic amines is 1. The van der Waals surface area contributed by atoms with Gasteiger partial charge in [-0.3, -0.25) is 4.79 Å². The molecule has 2 aromatic rings. The van der Waals surface area contributed by atoms with E-state index in [0.29, 0.717) is 27.8 Å². The predicted molar refractivity (Wildman–Crippen MR) is 110 cm³/mol. The number of thioether (sulfide) groups is 1. The molecule has 0 fully saturated rings. The highest BCUT2D eigenvalue weighted by Gasteiger charge is 2.37. The molecule has 0 saturated heterocycles. The molecule has 1 atom stereocenters. The number of aryl methyl sites for hydroxylation is 1. The van der Waals surface area contributed by atoms with Crippen LogP contribution in [0.1, 0.15) is 49.1 Å². The van der Waals surface area contributed by atoms with E-state index in [1.54, 1.807) is 6.92 Å². The van der Waals surface area contributed by atoms with Gasteiger partial charge >= 0.3 is 5.97 Å². The van der Waals surface area contributed by atoms with Gasteiger partial charge in [0.05, 0.1) is 23.7 Å². The average molecular weight is 406 g/mol. The largest absolute Gasteiger partial charge is 0.463 e. The van der Waals surface area contributed by atoms with Crippen LogP contribution in [0.15, 0.2) is 32.7 Å². The smallest absolute Gasteiger partial charge is 0.336 e. The number of carbonyl (C=O) groups is 1. The summed E-state index contributed by atoms with van der Waals surface area (Å²) < 4.78 is 5.28. The molecule has 3 heterocycles. The number of hydrogen-bond acceptors (Lipinski definition) is 7. The van der Waals surface area contributed by atoms with Crippen molar-refractivity contribution in [3.63, 3.8) is 0 Å². The molecule has 0 aromatic carbocycles. The fourth-order valence-electron chi connectivity index (χ4n) is 3.12. The first-order chi connectivity index (χ1) is 13.0. The van der Waals surface area contributed by atoms with E-state index in [1.807, 2.05) is 25.3 Å². The Morgan fingerprint density at radius 1 is 1.37 bits per heavy atom. The number of allylic oxidation sites excluding steroid dienone is 1. The van der Waals surface area contributed by atoms with Crippen LogP contribution in [0.5, 0.6) is 0 Å². The molecule has 2 aromatic heterocycles. The van der Waals surface area contributed by atoms with Gasteiger partial charge in [0.15, 0.2) is 5.16 Å². The van der Waals surface area contributed by atoms with Crippen LogP contribution in [0.3, 0.4) is 0 Å². The third-order valence-electron chi connectivity index (χ3n) is 4.32. The lowest BCUT2D eigenvalue weighted by Crippen LogP contribution is -2.31. The van der Waals surface area contributed by atoms with E-state index in [1.165, 1.54) is 23.1 Å². The Bertz CT molecular complexity index is 946. The van der Waals surface area contributed by atoms with E-state index in [2.05, 4.69) is 22.2 Å².